The smallest absolute Gasteiger partial charge is 0.0783 e. The van der Waals surface area contributed by atoms with Crippen molar-refractivity contribution < 1.29 is 5.11 Å². The Balaban J connectivity index is 3.40. The summed E-state index contributed by atoms with van der Waals surface area (Å²) in [6.07, 6.45) is 0. The molecule has 1 rings (SSSR count). The van der Waals surface area contributed by atoms with Gasteiger partial charge >= 0.3 is 0 Å². The molecule has 0 spiro atoms. The molecule has 1 N–H and O–H groups in total. The minimum absolute atomic E-state index is 0.205. The van der Waals surface area contributed by atoms with E-state index in [-0.39, 0.29) is 21.7 Å². The summed E-state index contributed by atoms with van der Waals surface area (Å²) in [5, 5.41) is 9.86. The van der Waals surface area contributed by atoms with Crippen molar-refractivity contribution in [3.8, 4) is 0 Å². The van der Waals surface area contributed by atoms with E-state index in [1.165, 1.54) is 6.07 Å². The monoisotopic (exact) mass is 244 g/mol. The van der Waals surface area contributed by atoms with Crippen LogP contribution in [0.4, 0.5) is 0 Å². The molecule has 0 saturated carbocycles. The molecule has 66 valence electrons. The van der Waals surface area contributed by atoms with Crippen molar-refractivity contribution in [2.45, 2.75) is 6.61 Å². The number of hydrogen-bond donors (Lipinski definition) is 1. The highest BCUT2D eigenvalue weighted by atomic mass is 35.5. The highest BCUT2D eigenvalue weighted by Crippen LogP contribution is 2.37. The maximum atomic E-state index is 8.84. The van der Waals surface area contributed by atoms with Gasteiger partial charge in [0, 0.05) is 10.6 Å². The van der Waals surface area contributed by atoms with Gasteiger partial charge in [0.2, 0.25) is 0 Å². The van der Waals surface area contributed by atoms with Crippen molar-refractivity contribution in [2.24, 2.45) is 0 Å². The van der Waals surface area contributed by atoms with Gasteiger partial charge in [0.1, 0.15) is 0 Å². The Morgan fingerprint density at radius 1 is 1.00 bits per heavy atom. The van der Waals surface area contributed by atoms with Crippen LogP contribution in [0.25, 0.3) is 0 Å². The molecule has 0 aliphatic rings. The molecular weight excluding hydrogens is 242 g/mol. The van der Waals surface area contributed by atoms with Gasteiger partial charge in [-0.3, -0.25) is 0 Å². The van der Waals surface area contributed by atoms with E-state index >= 15 is 0 Å². The molecule has 0 bridgehead atoms. The maximum Gasteiger partial charge on any atom is 0.0783 e. The van der Waals surface area contributed by atoms with E-state index in [0.717, 1.165) is 0 Å². The summed E-state index contributed by atoms with van der Waals surface area (Å²) < 4.78 is 0. The highest BCUT2D eigenvalue weighted by Gasteiger charge is 2.12. The third-order valence-electron chi connectivity index (χ3n) is 1.37. The molecule has 0 fully saturated rings. The average Bonchev–Trinajstić information content (AvgIpc) is 2.01. The fourth-order valence-corrected chi connectivity index (χ4v) is 1.80. The third-order valence-corrected chi connectivity index (χ3v) is 3.01. The zero-order valence-corrected chi connectivity index (χ0v) is 8.77. The van der Waals surface area contributed by atoms with E-state index in [2.05, 4.69) is 0 Å². The van der Waals surface area contributed by atoms with Gasteiger partial charge in [-0.05, 0) is 6.07 Å². The standard InChI is InChI=1S/C7H4Cl4O/c8-4-1-5(9)7(11)6(10)3(4)2-12/h1,12H,2H2. The second-order valence-corrected chi connectivity index (χ2v) is 3.68. The van der Waals surface area contributed by atoms with Gasteiger partial charge in [-0.1, -0.05) is 46.4 Å². The summed E-state index contributed by atoms with van der Waals surface area (Å²) in [5.74, 6) is 0. The van der Waals surface area contributed by atoms with Crippen molar-refractivity contribution in [2.75, 3.05) is 0 Å². The van der Waals surface area contributed by atoms with Crippen molar-refractivity contribution in [3.63, 3.8) is 0 Å². The second kappa shape index (κ2) is 4.03. The van der Waals surface area contributed by atoms with Crippen LogP contribution in [0.2, 0.25) is 20.1 Å². The fraction of sp³-hybridized carbons (Fsp3) is 0.143. The largest absolute Gasteiger partial charge is 0.392 e. The summed E-state index contributed by atoms with van der Waals surface area (Å²) in [6, 6.07) is 1.45. The lowest BCUT2D eigenvalue weighted by atomic mass is 10.2. The molecule has 1 aromatic rings. The van der Waals surface area contributed by atoms with Gasteiger partial charge in [0.25, 0.3) is 0 Å². The van der Waals surface area contributed by atoms with Crippen LogP contribution >= 0.6 is 46.4 Å². The van der Waals surface area contributed by atoms with Crippen LogP contribution in [-0.4, -0.2) is 5.11 Å². The Labute approximate surface area is 89.8 Å². The van der Waals surface area contributed by atoms with E-state index < -0.39 is 0 Å². The Bertz CT molecular complexity index is 311. The minimum Gasteiger partial charge on any atom is -0.392 e. The van der Waals surface area contributed by atoms with Crippen molar-refractivity contribution in [3.05, 3.63) is 31.7 Å². The van der Waals surface area contributed by atoms with E-state index in [1.54, 1.807) is 0 Å². The Morgan fingerprint density at radius 2 is 1.58 bits per heavy atom. The number of aliphatic hydroxyl groups is 1. The number of halogens is 4. The first-order valence-corrected chi connectivity index (χ1v) is 4.51. The lowest BCUT2D eigenvalue weighted by molar-refractivity contribution is 0.282. The molecule has 1 aromatic carbocycles. The van der Waals surface area contributed by atoms with Gasteiger partial charge in [-0.15, -0.1) is 0 Å². The van der Waals surface area contributed by atoms with E-state index in [0.29, 0.717) is 10.6 Å². The molecule has 12 heavy (non-hydrogen) atoms. The van der Waals surface area contributed by atoms with Crippen molar-refractivity contribution in [1.82, 2.24) is 0 Å². The predicted molar refractivity (Wildman–Crippen MR) is 52.4 cm³/mol. The van der Waals surface area contributed by atoms with E-state index in [1.807, 2.05) is 0 Å². The average molecular weight is 246 g/mol. The van der Waals surface area contributed by atoms with Crippen molar-refractivity contribution in [1.29, 1.82) is 0 Å². The molecule has 0 aliphatic heterocycles. The number of aliphatic hydroxyl groups excluding tert-OH is 1. The van der Waals surface area contributed by atoms with Crippen molar-refractivity contribution >= 4 is 46.4 Å². The minimum atomic E-state index is -0.255. The van der Waals surface area contributed by atoms with Crippen LogP contribution in [0.1, 0.15) is 5.56 Å². The zero-order chi connectivity index (χ0) is 9.30. The van der Waals surface area contributed by atoms with Gasteiger partial charge in [-0.2, -0.15) is 0 Å². The number of rotatable bonds is 1. The molecule has 0 aromatic heterocycles. The summed E-state index contributed by atoms with van der Waals surface area (Å²) in [4.78, 5) is 0. The molecule has 1 nitrogen and oxygen atoms in total. The van der Waals surface area contributed by atoms with E-state index in [4.69, 9.17) is 51.5 Å². The van der Waals surface area contributed by atoms with Gasteiger partial charge in [0.05, 0.1) is 21.7 Å². The first-order valence-electron chi connectivity index (χ1n) is 3.00. The topological polar surface area (TPSA) is 20.2 Å². The first-order chi connectivity index (χ1) is 5.57. The Kier molecular flexibility index (Phi) is 3.50. The molecular formula is C7H4Cl4O. The van der Waals surface area contributed by atoms with Crippen LogP contribution in [0, 0.1) is 0 Å². The third kappa shape index (κ3) is 1.81. The molecule has 0 heterocycles. The molecule has 0 saturated heterocycles. The Hall–Kier alpha value is 0.340. The summed E-state index contributed by atoms with van der Waals surface area (Å²) >= 11 is 22.8. The number of hydrogen-bond acceptors (Lipinski definition) is 1. The molecule has 0 unspecified atom stereocenters. The summed E-state index contributed by atoms with van der Waals surface area (Å²) in [5.41, 5.74) is 0.396. The van der Waals surface area contributed by atoms with E-state index in [9.17, 15) is 0 Å². The highest BCUT2D eigenvalue weighted by molar-refractivity contribution is 6.49. The molecule has 0 radical (unpaired) electrons. The molecule has 0 amide bonds. The summed E-state index contributed by atoms with van der Waals surface area (Å²) in [7, 11) is 0. The maximum absolute atomic E-state index is 8.84. The zero-order valence-electron chi connectivity index (χ0n) is 5.74. The molecule has 5 heteroatoms. The lowest BCUT2D eigenvalue weighted by Crippen LogP contribution is -1.88. The van der Waals surface area contributed by atoms with Crippen LogP contribution in [-0.2, 0) is 6.61 Å². The lowest BCUT2D eigenvalue weighted by Gasteiger charge is -2.06. The van der Waals surface area contributed by atoms with Crippen LogP contribution in [0.15, 0.2) is 6.07 Å². The normalized spacial score (nSPS) is 10.4. The Morgan fingerprint density at radius 3 is 2.08 bits per heavy atom. The molecule has 0 aliphatic carbocycles. The fourth-order valence-electron chi connectivity index (χ4n) is 0.749. The van der Waals surface area contributed by atoms with Crippen LogP contribution in [0.5, 0.6) is 0 Å². The van der Waals surface area contributed by atoms with Gasteiger partial charge in [-0.25, -0.2) is 0 Å². The van der Waals surface area contributed by atoms with Gasteiger partial charge < -0.3 is 5.11 Å². The van der Waals surface area contributed by atoms with Crippen LogP contribution in [0.3, 0.4) is 0 Å². The van der Waals surface area contributed by atoms with Gasteiger partial charge in [0.15, 0.2) is 0 Å². The predicted octanol–water partition coefficient (Wildman–Crippen LogP) is 3.79. The summed E-state index contributed by atoms with van der Waals surface area (Å²) in [6.45, 7) is -0.255. The SMILES string of the molecule is OCc1c(Cl)cc(Cl)c(Cl)c1Cl. The second-order valence-electron chi connectivity index (χ2n) is 2.10. The molecule has 0 atom stereocenters. The quantitative estimate of drug-likeness (QED) is 0.590. The number of benzene rings is 1. The van der Waals surface area contributed by atoms with Crippen LogP contribution < -0.4 is 0 Å². The first kappa shape index (κ1) is 10.4.